The first kappa shape index (κ1) is 30.9. The monoisotopic (exact) mass is 676 g/mol. The average molecular weight is 678 g/mol. The van der Waals surface area contributed by atoms with Crippen LogP contribution in [0.1, 0.15) is 15.9 Å². The summed E-state index contributed by atoms with van der Waals surface area (Å²) in [4.78, 5) is 16.0. The molecule has 0 aliphatic heterocycles. The number of rotatable bonds is 9. The van der Waals surface area contributed by atoms with Crippen molar-refractivity contribution in [1.29, 1.82) is 0 Å². The Bertz CT molecular complexity index is 1650. The average Bonchev–Trinajstić information content (AvgIpc) is 2.97. The Morgan fingerprint density at radius 2 is 1.14 bits per heavy atom. The molecule has 214 valence electrons. The van der Waals surface area contributed by atoms with Gasteiger partial charge in [-0.2, -0.15) is 14.0 Å². The van der Waals surface area contributed by atoms with Gasteiger partial charge in [0.25, 0.3) is 0 Å². The zero-order chi connectivity index (χ0) is 29.9. The van der Waals surface area contributed by atoms with Gasteiger partial charge in [0, 0.05) is 40.1 Å². The summed E-state index contributed by atoms with van der Waals surface area (Å²) in [6.07, 6.45) is 0. The van der Waals surface area contributed by atoms with Crippen LogP contribution < -0.4 is 14.0 Å². The summed E-state index contributed by atoms with van der Waals surface area (Å²) in [5.74, 6) is -0.206. The molecule has 0 spiro atoms. The lowest BCUT2D eigenvalue weighted by Gasteiger charge is -2.34. The normalized spacial score (nSPS) is 12.2. The first-order valence-corrected chi connectivity index (χ1v) is 16.9. The lowest BCUT2D eigenvalue weighted by molar-refractivity contribution is -1.91. The van der Waals surface area contributed by atoms with E-state index < -0.39 is 20.6 Å². The van der Waals surface area contributed by atoms with Crippen LogP contribution in [-0.2, 0) is 3.74 Å². The molecule has 0 saturated carbocycles. The first-order chi connectivity index (χ1) is 20.1. The summed E-state index contributed by atoms with van der Waals surface area (Å²) in [5.41, 5.74) is 0.888. The van der Waals surface area contributed by atoms with E-state index in [1.807, 2.05) is 12.1 Å². The van der Waals surface area contributed by atoms with E-state index in [2.05, 4.69) is 0 Å². The number of ketones is 1. The third-order valence-electron chi connectivity index (χ3n) is 6.08. The smallest absolute Gasteiger partial charge is 0.195 e. The molecule has 0 aliphatic carbocycles. The van der Waals surface area contributed by atoms with Gasteiger partial charge >= 0.3 is 0 Å². The van der Waals surface area contributed by atoms with Crippen molar-refractivity contribution in [3.05, 3.63) is 148 Å². The Morgan fingerprint density at radius 3 is 1.64 bits per heavy atom. The third-order valence-corrected chi connectivity index (χ3v) is 12.2. The van der Waals surface area contributed by atoms with E-state index in [1.165, 1.54) is 11.8 Å². The highest BCUT2D eigenvalue weighted by Crippen LogP contribution is 2.70. The summed E-state index contributed by atoms with van der Waals surface area (Å²) in [7, 11) is -7.96. The standard InChI is InChI=1S/C31H20Cl4O5S2/c32-22-9-15-25(16-10-22)42(40-35(37,38)39,26-17-11-23(33)12-18-26)27-19-13-24(14-20-27)41-29-8-4-7-28(34)30(29)31(36)21-5-2-1-3-6-21/h1-20H. The Morgan fingerprint density at radius 1 is 0.643 bits per heavy atom. The number of carbonyl (C=O) groups excluding carboxylic acids is 1. The van der Waals surface area contributed by atoms with Crippen LogP contribution in [0.5, 0.6) is 0 Å². The van der Waals surface area contributed by atoms with Gasteiger partial charge in [0.2, 0.25) is 0 Å². The first-order valence-electron chi connectivity index (χ1n) is 12.2. The molecule has 42 heavy (non-hydrogen) atoms. The fourth-order valence-corrected chi connectivity index (χ4v) is 9.97. The minimum atomic E-state index is -4.86. The van der Waals surface area contributed by atoms with Crippen LogP contribution in [0.4, 0.5) is 0 Å². The molecule has 5 aromatic rings. The van der Waals surface area contributed by atoms with Gasteiger partial charge in [0.15, 0.2) is 5.78 Å². The lowest BCUT2D eigenvalue weighted by Crippen LogP contribution is -2.61. The zero-order valence-electron chi connectivity index (χ0n) is 21.4. The lowest BCUT2D eigenvalue weighted by atomic mass is 10.0. The molecule has 0 N–H and O–H groups in total. The van der Waals surface area contributed by atoms with E-state index in [0.717, 1.165) is 4.90 Å². The second kappa shape index (κ2) is 13.0. The summed E-state index contributed by atoms with van der Waals surface area (Å²) in [5, 5.41) is 1.19. The van der Waals surface area contributed by atoms with Gasteiger partial charge in [0.1, 0.15) is 3.74 Å². The Hall–Kier alpha value is -2.53. The van der Waals surface area contributed by atoms with Crippen molar-refractivity contribution in [2.45, 2.75) is 24.5 Å². The van der Waals surface area contributed by atoms with Crippen molar-refractivity contribution in [2.24, 2.45) is 0 Å². The minimum Gasteiger partial charge on any atom is -0.289 e. The molecule has 0 unspecified atom stereocenters. The highest BCUT2D eigenvalue weighted by atomic mass is 35.7. The molecule has 0 bridgehead atoms. The largest absolute Gasteiger partial charge is 0.289 e. The van der Waals surface area contributed by atoms with E-state index in [9.17, 15) is 18.8 Å². The van der Waals surface area contributed by atoms with Crippen molar-refractivity contribution >= 4 is 62.7 Å². The molecule has 0 atom stereocenters. The Labute approximate surface area is 265 Å². The second-order valence-electron chi connectivity index (χ2n) is 8.79. The van der Waals surface area contributed by atoms with Crippen molar-refractivity contribution in [3.63, 3.8) is 0 Å². The molecule has 0 fully saturated rings. The van der Waals surface area contributed by atoms with Gasteiger partial charge in [-0.25, -0.2) is 0 Å². The van der Waals surface area contributed by atoms with Crippen molar-refractivity contribution in [2.75, 3.05) is 0 Å². The summed E-state index contributed by atoms with van der Waals surface area (Å²) in [6, 6.07) is 33.9. The third kappa shape index (κ3) is 6.82. The Kier molecular flexibility index (Phi) is 9.56. The fourth-order valence-electron chi connectivity index (χ4n) is 4.26. The van der Waals surface area contributed by atoms with Crippen LogP contribution in [0.2, 0.25) is 15.1 Å². The second-order valence-corrected chi connectivity index (χ2v) is 15.0. The summed E-state index contributed by atoms with van der Waals surface area (Å²) >= 11 is 20.1. The van der Waals surface area contributed by atoms with Crippen molar-refractivity contribution in [3.8, 4) is 0 Å². The molecule has 0 radical (unpaired) electrons. The van der Waals surface area contributed by atoms with Gasteiger partial charge in [-0.1, -0.05) is 83.0 Å². The van der Waals surface area contributed by atoms with Crippen molar-refractivity contribution < 1.29 is 32.8 Å². The number of hydrogen-bond donors (Lipinski definition) is 0. The number of carbonyl (C=O) groups is 1. The number of hydrogen-bond acceptors (Lipinski definition) is 6. The predicted octanol–water partition coefficient (Wildman–Crippen LogP) is 7.14. The minimum absolute atomic E-state index is 0.206. The molecule has 0 amide bonds. The van der Waals surface area contributed by atoms with E-state index in [1.54, 1.807) is 109 Å². The molecule has 11 heteroatoms. The molecule has 0 aliphatic rings. The van der Waals surface area contributed by atoms with Crippen LogP contribution in [0.25, 0.3) is 0 Å². The van der Waals surface area contributed by atoms with E-state index in [-0.39, 0.29) is 5.78 Å². The number of halogens is 4. The van der Waals surface area contributed by atoms with Crippen LogP contribution >= 0.6 is 56.9 Å². The molecule has 0 heterocycles. The molecule has 0 saturated heterocycles. The maximum atomic E-state index is 13.3. The van der Waals surface area contributed by atoms with Gasteiger partial charge < -0.3 is 0 Å². The molecule has 5 nitrogen and oxygen atoms in total. The van der Waals surface area contributed by atoms with Crippen LogP contribution in [0.15, 0.2) is 146 Å². The fraction of sp³-hybridized carbons (Fsp3) is 0. The van der Waals surface area contributed by atoms with E-state index >= 15 is 0 Å². The summed E-state index contributed by atoms with van der Waals surface area (Å²) < 4.78 is 42.0. The highest BCUT2D eigenvalue weighted by Gasteiger charge is 2.46. The van der Waals surface area contributed by atoms with Crippen molar-refractivity contribution in [1.82, 2.24) is 0 Å². The van der Waals surface area contributed by atoms with Gasteiger partial charge in [-0.05, 0) is 84.9 Å². The predicted molar refractivity (Wildman–Crippen MR) is 158 cm³/mol. The quantitative estimate of drug-likeness (QED) is 0.154. The topological polar surface area (TPSA) is 95.5 Å². The molecular weight excluding hydrogens is 658 g/mol. The summed E-state index contributed by atoms with van der Waals surface area (Å²) in [6.45, 7) is 0. The van der Waals surface area contributed by atoms with Gasteiger partial charge in [0.05, 0.1) is 31.1 Å². The molecule has 5 rings (SSSR count). The van der Waals surface area contributed by atoms with Crippen LogP contribution in [-0.4, -0.2) is 5.78 Å². The van der Waals surface area contributed by atoms with Crippen LogP contribution in [0, 0.1) is 10.2 Å². The van der Waals surface area contributed by atoms with Gasteiger partial charge in [-0.3, -0.25) is 4.79 Å². The van der Waals surface area contributed by atoms with E-state index in [0.29, 0.717) is 45.8 Å². The highest BCUT2D eigenvalue weighted by molar-refractivity contribution is 8.29. The zero-order valence-corrected chi connectivity index (χ0v) is 26.1. The SMILES string of the molecule is O=C(c1ccccc1)c1c(Cl)cccc1Sc1ccc(S(O[Cl+3]([O-])([O-])[O-])(c2ccc(Cl)cc2)c2ccc(Cl)cc2)cc1. The molecule has 5 aromatic carbocycles. The number of benzene rings is 5. The maximum absolute atomic E-state index is 13.3. The van der Waals surface area contributed by atoms with Gasteiger partial charge in [-0.15, -0.1) is 0 Å². The molecular formula is C31H20Cl4O5S2. The maximum Gasteiger partial charge on any atom is 0.195 e. The Balaban J connectivity index is 1.59. The van der Waals surface area contributed by atoms with E-state index in [4.69, 9.17) is 38.5 Å². The van der Waals surface area contributed by atoms with Crippen LogP contribution in [0.3, 0.4) is 0 Å². The molecule has 0 aromatic heterocycles.